The number of carbonyl (C=O) groups excluding carboxylic acids is 1. The van der Waals surface area contributed by atoms with Crippen molar-refractivity contribution >= 4 is 11.5 Å². The molecule has 1 aromatic carbocycles. The monoisotopic (exact) mass is 327 g/mol. The number of rotatable bonds is 5. The quantitative estimate of drug-likeness (QED) is 0.470. The zero-order chi connectivity index (χ0) is 17.9. The minimum Gasteiger partial charge on any atom is -0.496 e. The normalized spacial score (nSPS) is 10.0. The number of ether oxygens (including phenoxy) is 1. The molecular formula is C16H13N3O5. The lowest BCUT2D eigenvalue weighted by atomic mass is 10.1. The van der Waals surface area contributed by atoms with Gasteiger partial charge in [0.1, 0.15) is 17.4 Å². The van der Waals surface area contributed by atoms with E-state index in [1.165, 1.54) is 14.0 Å². The Bertz CT molecular complexity index is 924. The topological polar surface area (TPSA) is 115 Å². The number of carbonyl (C=O) groups is 1. The van der Waals surface area contributed by atoms with Crippen LogP contribution in [0.5, 0.6) is 5.75 Å². The second-order valence-electron chi connectivity index (χ2n) is 5.00. The first-order valence-corrected chi connectivity index (χ1v) is 6.84. The van der Waals surface area contributed by atoms with Gasteiger partial charge in [-0.2, -0.15) is 5.26 Å². The Hall–Kier alpha value is -3.47. The third-order valence-electron chi connectivity index (χ3n) is 3.43. The zero-order valence-corrected chi connectivity index (χ0v) is 13.0. The standard InChI is InChI=1S/C16H13N3O5/c1-10(20)11-3-4-15(24-2)13(5-11)8-18-9-14(19(22)23)6-12(7-17)16(18)21/h3-6,9H,8H2,1-2H3. The lowest BCUT2D eigenvalue weighted by Gasteiger charge is -2.12. The van der Waals surface area contributed by atoms with Gasteiger partial charge in [-0.15, -0.1) is 0 Å². The van der Waals surface area contributed by atoms with E-state index in [0.717, 1.165) is 16.8 Å². The zero-order valence-electron chi connectivity index (χ0n) is 13.0. The number of pyridine rings is 1. The molecule has 0 unspecified atom stereocenters. The molecule has 8 heteroatoms. The summed E-state index contributed by atoms with van der Waals surface area (Å²) >= 11 is 0. The Morgan fingerprint density at radius 1 is 1.42 bits per heavy atom. The van der Waals surface area contributed by atoms with E-state index in [2.05, 4.69) is 0 Å². The fraction of sp³-hybridized carbons (Fsp3) is 0.188. The molecule has 0 radical (unpaired) electrons. The minimum atomic E-state index is -0.681. The number of hydrogen-bond acceptors (Lipinski definition) is 6. The van der Waals surface area contributed by atoms with Gasteiger partial charge in [0.05, 0.1) is 24.8 Å². The fourth-order valence-corrected chi connectivity index (χ4v) is 2.22. The Morgan fingerprint density at radius 3 is 2.67 bits per heavy atom. The maximum Gasteiger partial charge on any atom is 0.287 e. The van der Waals surface area contributed by atoms with Gasteiger partial charge in [-0.1, -0.05) is 0 Å². The molecule has 8 nitrogen and oxygen atoms in total. The van der Waals surface area contributed by atoms with Crippen molar-refractivity contribution in [2.24, 2.45) is 0 Å². The Morgan fingerprint density at radius 2 is 2.12 bits per heavy atom. The molecule has 2 aromatic rings. The van der Waals surface area contributed by atoms with Crippen LogP contribution in [0.2, 0.25) is 0 Å². The first-order valence-electron chi connectivity index (χ1n) is 6.84. The van der Waals surface area contributed by atoms with E-state index in [-0.39, 0.29) is 23.6 Å². The molecule has 0 bridgehead atoms. The van der Waals surface area contributed by atoms with Gasteiger partial charge in [-0.3, -0.25) is 19.7 Å². The summed E-state index contributed by atoms with van der Waals surface area (Å²) in [4.78, 5) is 34.0. The number of Topliss-reactive ketones (excluding diaryl/α,β-unsaturated/α-hetero) is 1. The molecule has 1 aromatic heterocycles. The van der Waals surface area contributed by atoms with E-state index in [0.29, 0.717) is 16.9 Å². The lowest BCUT2D eigenvalue weighted by molar-refractivity contribution is -0.385. The smallest absolute Gasteiger partial charge is 0.287 e. The van der Waals surface area contributed by atoms with E-state index < -0.39 is 10.5 Å². The summed E-state index contributed by atoms with van der Waals surface area (Å²) in [5, 5.41) is 19.9. The van der Waals surface area contributed by atoms with Crippen LogP contribution in [-0.2, 0) is 6.54 Å². The van der Waals surface area contributed by atoms with Gasteiger partial charge in [0.25, 0.3) is 11.2 Å². The largest absolute Gasteiger partial charge is 0.496 e. The number of aromatic nitrogens is 1. The average molecular weight is 327 g/mol. The second kappa shape index (κ2) is 6.75. The van der Waals surface area contributed by atoms with E-state index in [9.17, 15) is 19.7 Å². The number of ketones is 1. The summed E-state index contributed by atoms with van der Waals surface area (Å²) in [5.74, 6) is 0.264. The van der Waals surface area contributed by atoms with E-state index in [4.69, 9.17) is 10.00 Å². The molecule has 0 aliphatic heterocycles. The molecular weight excluding hydrogens is 314 g/mol. The van der Waals surface area contributed by atoms with Crippen molar-refractivity contribution in [3.8, 4) is 11.8 Å². The number of nitro groups is 1. The molecule has 0 atom stereocenters. The van der Waals surface area contributed by atoms with Crippen molar-refractivity contribution in [2.45, 2.75) is 13.5 Å². The van der Waals surface area contributed by atoms with Crippen molar-refractivity contribution in [2.75, 3.05) is 7.11 Å². The van der Waals surface area contributed by atoms with Gasteiger partial charge in [0, 0.05) is 17.2 Å². The van der Waals surface area contributed by atoms with Crippen molar-refractivity contribution in [3.63, 3.8) is 0 Å². The number of benzene rings is 1. The third-order valence-corrected chi connectivity index (χ3v) is 3.43. The highest BCUT2D eigenvalue weighted by molar-refractivity contribution is 5.94. The van der Waals surface area contributed by atoms with Crippen molar-refractivity contribution < 1.29 is 14.5 Å². The van der Waals surface area contributed by atoms with Crippen molar-refractivity contribution in [1.82, 2.24) is 4.57 Å². The Labute approximate surface area is 136 Å². The summed E-state index contributed by atoms with van der Waals surface area (Å²) in [6.45, 7) is 1.33. The highest BCUT2D eigenvalue weighted by atomic mass is 16.6. The lowest BCUT2D eigenvalue weighted by Crippen LogP contribution is -2.23. The molecule has 0 N–H and O–H groups in total. The van der Waals surface area contributed by atoms with Gasteiger partial charge in [-0.25, -0.2) is 0 Å². The molecule has 0 aliphatic rings. The summed E-state index contributed by atoms with van der Waals surface area (Å²) in [6.07, 6.45) is 1.06. The van der Waals surface area contributed by atoms with Crippen LogP contribution >= 0.6 is 0 Å². The molecule has 122 valence electrons. The minimum absolute atomic E-state index is 0.0700. The third kappa shape index (κ3) is 3.30. The first kappa shape index (κ1) is 16.9. The SMILES string of the molecule is COc1ccc(C(C)=O)cc1Cn1cc([N+](=O)[O-])cc(C#N)c1=O. The molecule has 0 fully saturated rings. The fourth-order valence-electron chi connectivity index (χ4n) is 2.22. The highest BCUT2D eigenvalue weighted by Gasteiger charge is 2.16. The Balaban J connectivity index is 2.59. The molecule has 0 saturated heterocycles. The maximum atomic E-state index is 12.2. The van der Waals surface area contributed by atoms with Gasteiger partial charge in [-0.05, 0) is 25.1 Å². The number of methoxy groups -OCH3 is 1. The molecule has 0 amide bonds. The van der Waals surface area contributed by atoms with Gasteiger partial charge >= 0.3 is 0 Å². The van der Waals surface area contributed by atoms with Crippen LogP contribution in [0.25, 0.3) is 0 Å². The van der Waals surface area contributed by atoms with Crippen molar-refractivity contribution in [1.29, 1.82) is 5.26 Å². The van der Waals surface area contributed by atoms with Crippen molar-refractivity contribution in [3.05, 3.63) is 67.6 Å². The average Bonchev–Trinajstić information content (AvgIpc) is 2.56. The van der Waals surface area contributed by atoms with Crippen LogP contribution in [0.3, 0.4) is 0 Å². The summed E-state index contributed by atoms with van der Waals surface area (Å²) in [7, 11) is 1.43. The van der Waals surface area contributed by atoms with E-state index in [1.54, 1.807) is 24.3 Å². The predicted molar refractivity (Wildman–Crippen MR) is 84.2 cm³/mol. The number of hydrogen-bond donors (Lipinski definition) is 0. The van der Waals surface area contributed by atoms with Crippen LogP contribution in [0, 0.1) is 21.4 Å². The van der Waals surface area contributed by atoms with Crippen LogP contribution in [0.4, 0.5) is 5.69 Å². The summed E-state index contributed by atoms with van der Waals surface area (Å²) in [6, 6.07) is 7.31. The number of nitrogens with zero attached hydrogens (tertiary/aromatic N) is 3. The predicted octanol–water partition coefficient (Wildman–Crippen LogP) is 1.89. The first-order chi connectivity index (χ1) is 11.4. The van der Waals surface area contributed by atoms with Crippen LogP contribution in [-0.4, -0.2) is 22.4 Å². The summed E-state index contributed by atoms with van der Waals surface area (Å²) in [5.41, 5.74) is -0.432. The second-order valence-corrected chi connectivity index (χ2v) is 5.00. The molecule has 0 aliphatic carbocycles. The number of nitriles is 1. The van der Waals surface area contributed by atoms with Crippen LogP contribution < -0.4 is 10.3 Å². The summed E-state index contributed by atoms with van der Waals surface area (Å²) < 4.78 is 6.25. The highest BCUT2D eigenvalue weighted by Crippen LogP contribution is 2.22. The van der Waals surface area contributed by atoms with Crippen LogP contribution in [0.1, 0.15) is 28.4 Å². The maximum absolute atomic E-state index is 12.2. The van der Waals surface area contributed by atoms with Crippen LogP contribution in [0.15, 0.2) is 35.3 Å². The molecule has 0 spiro atoms. The molecule has 0 saturated carbocycles. The van der Waals surface area contributed by atoms with Gasteiger partial charge in [0.2, 0.25) is 0 Å². The van der Waals surface area contributed by atoms with E-state index >= 15 is 0 Å². The Kier molecular flexibility index (Phi) is 4.75. The van der Waals surface area contributed by atoms with E-state index in [1.807, 2.05) is 0 Å². The van der Waals surface area contributed by atoms with Gasteiger partial charge < -0.3 is 9.30 Å². The molecule has 2 rings (SSSR count). The molecule has 24 heavy (non-hydrogen) atoms. The molecule has 1 heterocycles. The van der Waals surface area contributed by atoms with Gasteiger partial charge in [0.15, 0.2) is 5.78 Å².